The first-order valence-electron chi connectivity index (χ1n) is 13.3. The first kappa shape index (κ1) is 29.0. The summed E-state index contributed by atoms with van der Waals surface area (Å²) in [5, 5.41) is 1.76. The molecule has 0 spiro atoms. The minimum Gasteiger partial charge on any atom is -0.361 e. The maximum absolute atomic E-state index is 15.4. The van der Waals surface area contributed by atoms with Gasteiger partial charge in [-0.1, -0.05) is 92.4 Å². The van der Waals surface area contributed by atoms with E-state index in [4.69, 9.17) is 4.74 Å². The molecule has 212 valence electrons. The normalized spacial score (nSPS) is 12.6. The van der Waals surface area contributed by atoms with Gasteiger partial charge in [-0.15, -0.1) is 0 Å². The number of halogens is 3. The molecule has 10 heteroatoms. The SMILES string of the molecule is C[Si](C)(C)CCOCn1c(P(=O)(c2ccccc2)c2ccccc2)cc2c(-c3cccc(C(F)(F)F)c3)ncnc21. The lowest BCUT2D eigenvalue weighted by atomic mass is 10.1. The van der Waals surface area contributed by atoms with E-state index in [0.717, 1.165) is 18.2 Å². The lowest BCUT2D eigenvalue weighted by Crippen LogP contribution is -2.31. The third kappa shape index (κ3) is 6.08. The zero-order valence-electron chi connectivity index (χ0n) is 23.1. The Morgan fingerprint density at radius 3 is 2.07 bits per heavy atom. The van der Waals surface area contributed by atoms with Gasteiger partial charge < -0.3 is 9.30 Å². The van der Waals surface area contributed by atoms with Gasteiger partial charge in [0.2, 0.25) is 0 Å². The largest absolute Gasteiger partial charge is 0.416 e. The Hall–Kier alpha value is -3.52. The highest BCUT2D eigenvalue weighted by Gasteiger charge is 2.35. The summed E-state index contributed by atoms with van der Waals surface area (Å²) in [7, 11) is -4.84. The monoisotopic (exact) mass is 593 g/mol. The van der Waals surface area contributed by atoms with E-state index in [-0.39, 0.29) is 6.73 Å². The topological polar surface area (TPSA) is 57.0 Å². The molecule has 3 aromatic carbocycles. The van der Waals surface area contributed by atoms with Gasteiger partial charge in [-0.25, -0.2) is 9.97 Å². The van der Waals surface area contributed by atoms with Gasteiger partial charge in [0.25, 0.3) is 0 Å². The molecular weight excluding hydrogens is 562 g/mol. The number of hydrogen-bond donors (Lipinski definition) is 0. The lowest BCUT2D eigenvalue weighted by molar-refractivity contribution is -0.137. The maximum atomic E-state index is 15.4. The van der Waals surface area contributed by atoms with Gasteiger partial charge in [-0.3, -0.25) is 4.57 Å². The van der Waals surface area contributed by atoms with E-state index in [1.807, 2.05) is 60.7 Å². The molecule has 0 unspecified atom stereocenters. The van der Waals surface area contributed by atoms with Gasteiger partial charge >= 0.3 is 6.18 Å². The number of benzene rings is 3. The fourth-order valence-electron chi connectivity index (χ4n) is 4.73. The minimum absolute atomic E-state index is 0.0893. The third-order valence-electron chi connectivity index (χ3n) is 6.91. The average Bonchev–Trinajstić information content (AvgIpc) is 3.34. The van der Waals surface area contributed by atoms with Crippen LogP contribution in [0.15, 0.2) is 97.3 Å². The molecule has 2 heterocycles. The summed E-state index contributed by atoms with van der Waals surface area (Å²) in [6, 6.07) is 26.2. The van der Waals surface area contributed by atoms with Crippen LogP contribution in [-0.2, 0) is 22.2 Å². The molecule has 0 amide bonds. The molecule has 0 saturated carbocycles. The van der Waals surface area contributed by atoms with Gasteiger partial charge in [-0.2, -0.15) is 13.2 Å². The van der Waals surface area contributed by atoms with E-state index in [1.165, 1.54) is 12.4 Å². The fourth-order valence-corrected chi connectivity index (χ4v) is 8.31. The van der Waals surface area contributed by atoms with Crippen molar-refractivity contribution < 1.29 is 22.5 Å². The molecule has 0 N–H and O–H groups in total. The summed E-state index contributed by atoms with van der Waals surface area (Å²) >= 11 is 0. The highest BCUT2D eigenvalue weighted by Crippen LogP contribution is 2.44. The first-order valence-corrected chi connectivity index (χ1v) is 18.7. The zero-order valence-corrected chi connectivity index (χ0v) is 25.0. The predicted molar refractivity (Wildman–Crippen MR) is 161 cm³/mol. The average molecular weight is 594 g/mol. The third-order valence-corrected chi connectivity index (χ3v) is 11.7. The second-order valence-electron chi connectivity index (χ2n) is 11.1. The van der Waals surface area contributed by atoms with E-state index in [0.29, 0.717) is 44.9 Å². The van der Waals surface area contributed by atoms with Gasteiger partial charge in [0.15, 0.2) is 7.14 Å². The van der Waals surface area contributed by atoms with Crippen molar-refractivity contribution in [3.05, 3.63) is 103 Å². The van der Waals surface area contributed by atoms with Crippen molar-refractivity contribution >= 4 is 42.3 Å². The highest BCUT2D eigenvalue weighted by atomic mass is 31.2. The fraction of sp³-hybridized carbons (Fsp3) is 0.226. The van der Waals surface area contributed by atoms with Crippen LogP contribution in [0.2, 0.25) is 25.7 Å². The van der Waals surface area contributed by atoms with E-state index in [2.05, 4.69) is 29.6 Å². The van der Waals surface area contributed by atoms with Crippen LogP contribution in [0.25, 0.3) is 22.3 Å². The Kier molecular flexibility index (Phi) is 8.06. The van der Waals surface area contributed by atoms with Crippen LogP contribution in [0, 0.1) is 0 Å². The Bertz CT molecular complexity index is 1660. The van der Waals surface area contributed by atoms with E-state index in [9.17, 15) is 13.2 Å². The summed E-state index contributed by atoms with van der Waals surface area (Å²) in [6.07, 6.45) is -3.17. The Morgan fingerprint density at radius 1 is 0.854 bits per heavy atom. The summed E-state index contributed by atoms with van der Waals surface area (Å²) < 4.78 is 64.0. The molecule has 0 saturated heterocycles. The molecule has 2 aromatic heterocycles. The van der Waals surface area contributed by atoms with Crippen molar-refractivity contribution in [2.24, 2.45) is 0 Å². The van der Waals surface area contributed by atoms with Crippen LogP contribution >= 0.6 is 7.14 Å². The van der Waals surface area contributed by atoms with E-state index >= 15 is 4.57 Å². The highest BCUT2D eigenvalue weighted by molar-refractivity contribution is 7.85. The van der Waals surface area contributed by atoms with Crippen LogP contribution in [0.1, 0.15) is 5.56 Å². The number of ether oxygens (including phenoxy) is 1. The Labute approximate surface area is 238 Å². The summed E-state index contributed by atoms with van der Waals surface area (Å²) in [5.41, 5.74) is 0.783. The van der Waals surface area contributed by atoms with Crippen molar-refractivity contribution in [3.63, 3.8) is 0 Å². The Balaban J connectivity index is 1.74. The summed E-state index contributed by atoms with van der Waals surface area (Å²) in [6.45, 7) is 7.41. The second kappa shape index (κ2) is 11.4. The molecule has 0 fully saturated rings. The van der Waals surface area contributed by atoms with Crippen LogP contribution < -0.4 is 16.0 Å². The lowest BCUT2D eigenvalue weighted by Gasteiger charge is -2.22. The molecule has 0 aliphatic carbocycles. The smallest absolute Gasteiger partial charge is 0.361 e. The summed E-state index contributed by atoms with van der Waals surface area (Å²) in [4.78, 5) is 8.92. The van der Waals surface area contributed by atoms with Crippen molar-refractivity contribution in [1.29, 1.82) is 0 Å². The molecule has 0 aliphatic heterocycles. The number of fused-ring (bicyclic) bond motifs is 1. The molecule has 41 heavy (non-hydrogen) atoms. The van der Waals surface area contributed by atoms with Crippen molar-refractivity contribution in [1.82, 2.24) is 14.5 Å². The van der Waals surface area contributed by atoms with Crippen molar-refractivity contribution in [2.75, 3.05) is 6.61 Å². The molecule has 0 bridgehead atoms. The number of nitrogens with zero attached hydrogens (tertiary/aromatic N) is 3. The molecular formula is C31H31F3N3O2PSi. The van der Waals surface area contributed by atoms with E-state index < -0.39 is 27.0 Å². The molecule has 5 aromatic rings. The van der Waals surface area contributed by atoms with E-state index in [1.54, 1.807) is 16.7 Å². The van der Waals surface area contributed by atoms with Gasteiger partial charge in [-0.05, 0) is 24.2 Å². The number of hydrogen-bond acceptors (Lipinski definition) is 4. The second-order valence-corrected chi connectivity index (χ2v) is 19.4. The van der Waals surface area contributed by atoms with Crippen LogP contribution in [0.4, 0.5) is 13.2 Å². The van der Waals surface area contributed by atoms with Crippen LogP contribution in [0.5, 0.6) is 0 Å². The first-order chi connectivity index (χ1) is 19.5. The van der Waals surface area contributed by atoms with Gasteiger partial charge in [0, 0.05) is 36.2 Å². The predicted octanol–water partition coefficient (Wildman–Crippen LogP) is 7.07. The van der Waals surface area contributed by atoms with Gasteiger partial charge in [0.1, 0.15) is 18.7 Å². The number of rotatable bonds is 9. The van der Waals surface area contributed by atoms with Crippen LogP contribution in [0.3, 0.4) is 0 Å². The Morgan fingerprint density at radius 2 is 1.49 bits per heavy atom. The molecule has 0 aliphatic rings. The standard InChI is InChI=1S/C31H31F3N3O2PSi/c1-41(2,3)18-17-39-22-37-28(40(38,25-13-6-4-7-14-25)26-15-8-5-9-16-26)20-27-29(35-21-36-30(27)37)23-11-10-12-24(19-23)31(32,33)34/h4-16,19-21H,17-18,22H2,1-3H3. The van der Waals surface area contributed by atoms with Gasteiger partial charge in [0.05, 0.1) is 16.7 Å². The molecule has 0 radical (unpaired) electrons. The summed E-state index contributed by atoms with van der Waals surface area (Å²) in [5.74, 6) is 0. The maximum Gasteiger partial charge on any atom is 0.416 e. The number of alkyl halides is 3. The zero-order chi connectivity index (χ0) is 29.3. The quantitative estimate of drug-likeness (QED) is 0.104. The van der Waals surface area contributed by atoms with Crippen molar-refractivity contribution in [3.8, 4) is 11.3 Å². The minimum atomic E-state index is -4.50. The van der Waals surface area contributed by atoms with Crippen LogP contribution in [-0.4, -0.2) is 29.2 Å². The molecule has 5 rings (SSSR count). The molecule has 5 nitrogen and oxygen atoms in total. The molecule has 0 atom stereocenters. The van der Waals surface area contributed by atoms with Crippen molar-refractivity contribution in [2.45, 2.75) is 38.6 Å². The number of aromatic nitrogens is 3.